The molecule has 0 unspecified atom stereocenters. The highest BCUT2D eigenvalue weighted by atomic mass is 32.2. The number of aryl methyl sites for hydroxylation is 1. The molecule has 2 aliphatic heterocycles. The van der Waals surface area contributed by atoms with Crippen LogP contribution in [-0.4, -0.2) is 25.1 Å². The predicted molar refractivity (Wildman–Crippen MR) is 131 cm³/mol. The topological polar surface area (TPSA) is 91.4 Å². The summed E-state index contributed by atoms with van der Waals surface area (Å²) in [6.07, 6.45) is 5.64. The van der Waals surface area contributed by atoms with Gasteiger partial charge in [0, 0.05) is 10.9 Å². The van der Waals surface area contributed by atoms with Crippen LogP contribution in [0, 0.1) is 6.92 Å². The van der Waals surface area contributed by atoms with Crippen LogP contribution in [0.1, 0.15) is 69.9 Å². The maximum absolute atomic E-state index is 12.6. The van der Waals surface area contributed by atoms with E-state index in [0.717, 1.165) is 59.3 Å². The van der Waals surface area contributed by atoms with Crippen LogP contribution in [0.3, 0.4) is 0 Å². The quantitative estimate of drug-likeness (QED) is 0.396. The number of carbonyl (C=O) groups is 1. The fourth-order valence-electron chi connectivity index (χ4n) is 4.95. The Balaban J connectivity index is 0.000000325. The number of primary sulfonamides is 1. The number of sulfonamides is 1. The lowest BCUT2D eigenvalue weighted by molar-refractivity contribution is -0.138. The first-order valence-electron chi connectivity index (χ1n) is 11.5. The van der Waals surface area contributed by atoms with E-state index in [4.69, 9.17) is 5.14 Å². The second-order valence-electron chi connectivity index (χ2n) is 9.93. The Labute approximate surface area is 195 Å². The summed E-state index contributed by atoms with van der Waals surface area (Å²) in [5, 5.41) is 6.94. The number of ether oxygens (including phenoxy) is 1. The van der Waals surface area contributed by atoms with Crippen LogP contribution in [0.15, 0.2) is 41.3 Å². The zero-order valence-electron chi connectivity index (χ0n) is 19.7. The number of para-hydroxylation sites is 1. The van der Waals surface area contributed by atoms with Crippen LogP contribution < -0.4 is 5.14 Å². The third-order valence-electron chi connectivity index (χ3n) is 6.39. The smallest absolute Gasteiger partial charge is 0.293 e. The fourth-order valence-corrected chi connectivity index (χ4v) is 6.06. The van der Waals surface area contributed by atoms with E-state index in [1.54, 1.807) is 0 Å². The highest BCUT2D eigenvalue weighted by Crippen LogP contribution is 2.53. The summed E-state index contributed by atoms with van der Waals surface area (Å²) in [4.78, 5) is 9.95. The highest BCUT2D eigenvalue weighted by molar-refractivity contribution is 7.89. The lowest BCUT2D eigenvalue weighted by Crippen LogP contribution is -2.19. The van der Waals surface area contributed by atoms with Gasteiger partial charge in [-0.05, 0) is 63.6 Å². The zero-order valence-corrected chi connectivity index (χ0v) is 20.5. The minimum Gasteiger partial charge on any atom is -0.462 e. The largest absolute Gasteiger partial charge is 0.462 e. The lowest BCUT2D eigenvalue weighted by atomic mass is 9.81. The third kappa shape index (κ3) is 4.57. The van der Waals surface area contributed by atoms with Gasteiger partial charge in [0.2, 0.25) is 10.0 Å². The minimum absolute atomic E-state index is 0.288. The van der Waals surface area contributed by atoms with Crippen molar-refractivity contribution in [3.05, 3.63) is 47.5 Å². The fraction of sp³-hybridized carbons (Fsp3) is 0.423. The molecule has 3 aliphatic rings. The molecule has 0 spiro atoms. The number of hydrogen-bond acceptors (Lipinski definition) is 4. The van der Waals surface area contributed by atoms with E-state index >= 15 is 0 Å². The molecule has 176 valence electrons. The summed E-state index contributed by atoms with van der Waals surface area (Å²) in [6, 6.07) is 12.2. The normalized spacial score (nSPS) is 15.7. The van der Waals surface area contributed by atoms with Crippen molar-refractivity contribution in [1.29, 1.82) is 0 Å². The number of carbonyl (C=O) groups excluding carboxylic acids is 1. The first-order valence-corrected chi connectivity index (χ1v) is 13.0. The Hall–Kier alpha value is -2.64. The molecule has 0 bridgehead atoms. The van der Waals surface area contributed by atoms with Gasteiger partial charge in [0.25, 0.3) is 6.47 Å². The molecule has 0 saturated heterocycles. The Morgan fingerprint density at radius 3 is 2.27 bits per heavy atom. The molecule has 0 aromatic heterocycles. The van der Waals surface area contributed by atoms with E-state index in [2.05, 4.69) is 27.5 Å². The molecule has 7 heteroatoms. The first kappa shape index (κ1) is 23.5. The second-order valence-corrected chi connectivity index (χ2v) is 11.4. The average Bonchev–Trinajstić information content (AvgIpc) is 3.40. The van der Waals surface area contributed by atoms with Crippen molar-refractivity contribution in [2.45, 2.75) is 76.2 Å². The van der Waals surface area contributed by atoms with Crippen molar-refractivity contribution in [2.24, 2.45) is 5.14 Å². The van der Waals surface area contributed by atoms with Gasteiger partial charge in [0.15, 0.2) is 0 Å². The van der Waals surface area contributed by atoms with Gasteiger partial charge in [-0.1, -0.05) is 49.6 Å². The number of nitrogens with zero attached hydrogens (tertiary/aromatic N) is 1. The van der Waals surface area contributed by atoms with Crippen LogP contribution in [-0.2, 0) is 19.6 Å². The van der Waals surface area contributed by atoms with Crippen molar-refractivity contribution in [3.8, 4) is 16.9 Å². The van der Waals surface area contributed by atoms with Gasteiger partial charge >= 0.3 is 0 Å². The minimum atomic E-state index is -3.81. The Kier molecular flexibility index (Phi) is 6.14. The summed E-state index contributed by atoms with van der Waals surface area (Å²) in [5.74, 6) is 0.288. The molecule has 6 nitrogen and oxygen atoms in total. The summed E-state index contributed by atoms with van der Waals surface area (Å²) >= 11 is 0. The van der Waals surface area contributed by atoms with Gasteiger partial charge in [-0.3, -0.25) is 4.79 Å². The van der Waals surface area contributed by atoms with Gasteiger partial charge in [-0.2, -0.15) is 0 Å². The molecule has 0 radical (unpaired) electrons. The van der Waals surface area contributed by atoms with Crippen molar-refractivity contribution < 1.29 is 17.9 Å². The maximum atomic E-state index is 12.6. The van der Waals surface area contributed by atoms with Crippen molar-refractivity contribution in [1.82, 2.24) is 4.57 Å². The van der Waals surface area contributed by atoms with E-state index in [1.807, 2.05) is 45.9 Å². The molecule has 1 fully saturated rings. The second kappa shape index (κ2) is 8.61. The summed E-state index contributed by atoms with van der Waals surface area (Å²) in [6.45, 7) is 7.93. The molecular formula is C26H32N2O4S. The van der Waals surface area contributed by atoms with Gasteiger partial charge < -0.3 is 9.30 Å². The third-order valence-corrected chi connectivity index (χ3v) is 7.40. The molecule has 2 heterocycles. The molecule has 0 atom stereocenters. The van der Waals surface area contributed by atoms with Crippen molar-refractivity contribution >= 4 is 27.4 Å². The van der Waals surface area contributed by atoms with Gasteiger partial charge in [0.05, 0.1) is 21.8 Å². The van der Waals surface area contributed by atoms with Gasteiger partial charge in [-0.25, -0.2) is 13.6 Å². The number of rotatable bonds is 4. The molecule has 0 amide bonds. The number of benzene rings is 2. The number of nitrogens with two attached hydrogens (primary N) is 1. The van der Waals surface area contributed by atoms with Crippen LogP contribution in [0.25, 0.3) is 27.8 Å². The summed E-state index contributed by atoms with van der Waals surface area (Å²) < 4.78 is 32.0. The van der Waals surface area contributed by atoms with Crippen LogP contribution in [0.5, 0.6) is 0 Å². The molecule has 5 rings (SSSR count). The highest BCUT2D eigenvalue weighted by Gasteiger charge is 2.38. The predicted octanol–water partition coefficient (Wildman–Crippen LogP) is 5.57. The Morgan fingerprint density at radius 2 is 1.73 bits per heavy atom. The number of aromatic nitrogens is 1. The van der Waals surface area contributed by atoms with Crippen molar-refractivity contribution in [3.63, 3.8) is 0 Å². The maximum Gasteiger partial charge on any atom is 0.293 e. The molecular weight excluding hydrogens is 436 g/mol. The lowest BCUT2D eigenvalue weighted by Gasteiger charge is -2.26. The SMILES string of the molecule is CC(C)(C)OC=O.Cc1ccc(-c2c3c4ccccc4n2-3)c(S(N)(=O)=O)c1C1CCCCC1. The Morgan fingerprint density at radius 1 is 1.06 bits per heavy atom. The molecule has 1 saturated carbocycles. The first-order chi connectivity index (χ1) is 15.5. The van der Waals surface area contributed by atoms with E-state index in [0.29, 0.717) is 11.4 Å². The molecule has 2 aromatic carbocycles. The van der Waals surface area contributed by atoms with E-state index in [1.165, 1.54) is 11.8 Å². The van der Waals surface area contributed by atoms with E-state index in [-0.39, 0.29) is 11.5 Å². The van der Waals surface area contributed by atoms with E-state index < -0.39 is 10.0 Å². The number of fused-ring (bicyclic) bond motifs is 4. The van der Waals surface area contributed by atoms with Crippen LogP contribution in [0.2, 0.25) is 0 Å². The van der Waals surface area contributed by atoms with E-state index in [9.17, 15) is 13.2 Å². The van der Waals surface area contributed by atoms with Gasteiger partial charge in [0.1, 0.15) is 5.60 Å². The monoisotopic (exact) mass is 468 g/mol. The molecule has 1 aliphatic carbocycles. The van der Waals surface area contributed by atoms with Crippen molar-refractivity contribution in [2.75, 3.05) is 0 Å². The van der Waals surface area contributed by atoms with Crippen LogP contribution in [0.4, 0.5) is 0 Å². The molecule has 2 aromatic rings. The number of hydrogen-bond donors (Lipinski definition) is 1. The standard InChI is InChI=1S/C21H22N2O2S.C5H10O2/c1-13-11-12-16(20-19-15-9-5-6-10-17(15)23(19)20)21(26(22,24)25)18(13)14-7-3-2-4-8-14;1-5(2,3)7-4-6/h5-6,9-12,14H,2-4,7-8H2,1H3,(H2,22,24,25);4H,1-3H3. The summed E-state index contributed by atoms with van der Waals surface area (Å²) in [7, 11) is -3.81. The molecule has 2 N–H and O–H groups in total. The Bertz CT molecular complexity index is 1270. The van der Waals surface area contributed by atoms with Crippen LogP contribution >= 0.6 is 0 Å². The zero-order chi connectivity index (χ0) is 24.0. The summed E-state index contributed by atoms with van der Waals surface area (Å²) in [5.41, 5.74) is 5.74. The van der Waals surface area contributed by atoms with Gasteiger partial charge in [-0.15, -0.1) is 0 Å². The molecule has 33 heavy (non-hydrogen) atoms. The average molecular weight is 469 g/mol.